The van der Waals surface area contributed by atoms with Gasteiger partial charge in [-0.3, -0.25) is 14.5 Å². The minimum atomic E-state index is -0.540. The van der Waals surface area contributed by atoms with E-state index in [1.807, 2.05) is 34.7 Å². The van der Waals surface area contributed by atoms with Crippen LogP contribution >= 0.6 is 0 Å². The SMILES string of the molecule is O=C1NC(=O)C(=Cc2cnc3c(NC4CC4)nc(C#Cc4ccccc4)cn23)N1. The lowest BCUT2D eigenvalue weighted by Gasteiger charge is -2.07. The number of nitrogens with one attached hydrogen (secondary N) is 3. The van der Waals surface area contributed by atoms with Gasteiger partial charge in [0.1, 0.15) is 11.4 Å². The summed E-state index contributed by atoms with van der Waals surface area (Å²) in [6.07, 6.45) is 7.18. The van der Waals surface area contributed by atoms with E-state index in [2.05, 4.69) is 37.8 Å². The smallest absolute Gasteiger partial charge is 0.326 e. The molecule has 0 radical (unpaired) electrons. The number of hydrogen-bond donors (Lipinski definition) is 3. The molecule has 8 heteroatoms. The van der Waals surface area contributed by atoms with Crippen molar-refractivity contribution in [1.29, 1.82) is 0 Å². The van der Waals surface area contributed by atoms with Crippen LogP contribution in [0.3, 0.4) is 0 Å². The number of nitrogens with zero attached hydrogens (tertiary/aromatic N) is 3. The molecule has 1 aliphatic carbocycles. The van der Waals surface area contributed by atoms with E-state index in [0.717, 1.165) is 18.4 Å². The molecule has 3 aromatic rings. The van der Waals surface area contributed by atoms with Crippen molar-refractivity contribution in [1.82, 2.24) is 25.0 Å². The van der Waals surface area contributed by atoms with Crippen LogP contribution in [0.25, 0.3) is 11.7 Å². The molecule has 3 N–H and O–H groups in total. The van der Waals surface area contributed by atoms with Crippen molar-refractivity contribution in [2.24, 2.45) is 0 Å². The number of fused-ring (bicyclic) bond motifs is 1. The summed E-state index contributed by atoms with van der Waals surface area (Å²) in [4.78, 5) is 32.3. The lowest BCUT2D eigenvalue weighted by Crippen LogP contribution is -2.22. The highest BCUT2D eigenvalue weighted by atomic mass is 16.2. The molecule has 1 saturated heterocycles. The number of benzene rings is 1. The van der Waals surface area contributed by atoms with Crippen molar-refractivity contribution in [3.8, 4) is 11.8 Å². The van der Waals surface area contributed by atoms with Crippen LogP contribution in [0, 0.1) is 11.8 Å². The molecule has 0 unspecified atom stereocenters. The van der Waals surface area contributed by atoms with Gasteiger partial charge in [0.2, 0.25) is 0 Å². The van der Waals surface area contributed by atoms with Gasteiger partial charge in [0.15, 0.2) is 11.5 Å². The molecule has 2 fully saturated rings. The molecule has 142 valence electrons. The molecule has 2 aromatic heterocycles. The van der Waals surface area contributed by atoms with Crippen LogP contribution < -0.4 is 16.0 Å². The van der Waals surface area contributed by atoms with Crippen molar-refractivity contribution in [2.45, 2.75) is 18.9 Å². The van der Waals surface area contributed by atoms with Gasteiger partial charge in [-0.1, -0.05) is 24.1 Å². The minimum Gasteiger partial charge on any atom is -0.364 e. The Balaban J connectivity index is 1.59. The minimum absolute atomic E-state index is 0.169. The predicted molar refractivity (Wildman–Crippen MR) is 107 cm³/mol. The number of amides is 3. The number of imidazole rings is 1. The molecule has 3 heterocycles. The van der Waals surface area contributed by atoms with Gasteiger partial charge in [-0.25, -0.2) is 14.8 Å². The molecule has 1 saturated carbocycles. The van der Waals surface area contributed by atoms with Crippen molar-refractivity contribution in [3.05, 3.63) is 65.4 Å². The predicted octanol–water partition coefficient (Wildman–Crippen LogP) is 1.88. The van der Waals surface area contributed by atoms with Crippen molar-refractivity contribution < 1.29 is 9.59 Å². The van der Waals surface area contributed by atoms with Crippen LogP contribution in [0.2, 0.25) is 0 Å². The first-order valence-electron chi connectivity index (χ1n) is 9.21. The van der Waals surface area contributed by atoms with Crippen LogP contribution in [-0.2, 0) is 4.79 Å². The highest BCUT2D eigenvalue weighted by Gasteiger charge is 2.25. The largest absolute Gasteiger partial charge is 0.364 e. The Morgan fingerprint density at radius 3 is 2.69 bits per heavy atom. The fourth-order valence-electron chi connectivity index (χ4n) is 2.98. The zero-order valence-corrected chi connectivity index (χ0v) is 15.3. The maximum absolute atomic E-state index is 11.9. The number of aromatic nitrogens is 3. The molecule has 0 atom stereocenters. The van der Waals surface area contributed by atoms with Crippen LogP contribution in [0.5, 0.6) is 0 Å². The number of anilines is 1. The Morgan fingerprint density at radius 2 is 1.97 bits per heavy atom. The third-order valence-electron chi connectivity index (χ3n) is 4.56. The van der Waals surface area contributed by atoms with Crippen LogP contribution in [-0.4, -0.2) is 32.3 Å². The second-order valence-electron chi connectivity index (χ2n) is 6.85. The Morgan fingerprint density at radius 1 is 1.14 bits per heavy atom. The number of urea groups is 1. The van der Waals surface area contributed by atoms with E-state index in [1.165, 1.54) is 0 Å². The van der Waals surface area contributed by atoms with Crippen molar-refractivity contribution in [2.75, 3.05) is 5.32 Å². The standard InChI is InChI=1S/C21H16N6O2/c28-20-17(25-21(29)26-20)10-16-11-22-19-18(23-14-8-9-14)24-15(12-27(16)19)7-6-13-4-2-1-3-5-13/h1-5,10-12,14H,8-9H2,(H,23,24)(H2,25,26,28,29). The summed E-state index contributed by atoms with van der Waals surface area (Å²) in [5, 5.41) is 8.06. The summed E-state index contributed by atoms with van der Waals surface area (Å²) in [5.41, 5.74) is 2.91. The second-order valence-corrected chi connectivity index (χ2v) is 6.85. The average molecular weight is 384 g/mol. The van der Waals surface area contributed by atoms with Gasteiger partial charge >= 0.3 is 6.03 Å². The molecule has 3 amide bonds. The monoisotopic (exact) mass is 384 g/mol. The normalized spacial score (nSPS) is 17.0. The topological polar surface area (TPSA) is 100 Å². The lowest BCUT2D eigenvalue weighted by atomic mass is 10.2. The van der Waals surface area contributed by atoms with E-state index in [1.54, 1.807) is 18.5 Å². The maximum Gasteiger partial charge on any atom is 0.326 e. The van der Waals surface area contributed by atoms with Crippen molar-refractivity contribution in [3.63, 3.8) is 0 Å². The van der Waals surface area contributed by atoms with Crippen LogP contribution in [0.4, 0.5) is 10.6 Å². The molecule has 0 spiro atoms. The third-order valence-corrected chi connectivity index (χ3v) is 4.56. The van der Waals surface area contributed by atoms with Gasteiger partial charge in [-0.05, 0) is 37.0 Å². The first kappa shape index (κ1) is 17.0. The number of hydrogen-bond acceptors (Lipinski definition) is 5. The third kappa shape index (κ3) is 3.53. The Bertz CT molecular complexity index is 1230. The lowest BCUT2D eigenvalue weighted by molar-refractivity contribution is -0.115. The molecule has 1 aromatic carbocycles. The van der Waals surface area contributed by atoms with Crippen molar-refractivity contribution >= 4 is 29.5 Å². The summed E-state index contributed by atoms with van der Waals surface area (Å²) < 4.78 is 1.82. The van der Waals surface area contributed by atoms with E-state index in [4.69, 9.17) is 0 Å². The number of carbonyl (C=O) groups excluding carboxylic acids is 2. The van der Waals surface area contributed by atoms with Gasteiger partial charge < -0.3 is 10.6 Å². The number of imide groups is 1. The van der Waals surface area contributed by atoms with Crippen LogP contribution in [0.1, 0.15) is 29.8 Å². The molecule has 0 bridgehead atoms. The quantitative estimate of drug-likeness (QED) is 0.364. The summed E-state index contributed by atoms with van der Waals surface area (Å²) >= 11 is 0. The summed E-state index contributed by atoms with van der Waals surface area (Å²) in [7, 11) is 0. The number of rotatable bonds is 3. The molecule has 5 rings (SSSR count). The molecular weight excluding hydrogens is 368 g/mol. The highest BCUT2D eigenvalue weighted by Crippen LogP contribution is 2.26. The maximum atomic E-state index is 11.9. The van der Waals surface area contributed by atoms with E-state index in [0.29, 0.717) is 28.9 Å². The van der Waals surface area contributed by atoms with Gasteiger partial charge in [0, 0.05) is 17.8 Å². The zero-order valence-electron chi connectivity index (χ0n) is 15.3. The molecule has 8 nitrogen and oxygen atoms in total. The average Bonchev–Trinajstić information content (AvgIpc) is 3.36. The van der Waals surface area contributed by atoms with E-state index < -0.39 is 11.9 Å². The zero-order chi connectivity index (χ0) is 19.8. The Kier molecular flexibility index (Phi) is 3.99. The first-order valence-corrected chi connectivity index (χ1v) is 9.21. The number of carbonyl (C=O) groups is 2. The Labute approximate surface area is 166 Å². The molecule has 29 heavy (non-hydrogen) atoms. The van der Waals surface area contributed by atoms with E-state index in [9.17, 15) is 9.59 Å². The van der Waals surface area contributed by atoms with Gasteiger partial charge in [-0.2, -0.15) is 0 Å². The van der Waals surface area contributed by atoms with Crippen LogP contribution in [0.15, 0.2) is 48.4 Å². The van der Waals surface area contributed by atoms with E-state index in [-0.39, 0.29) is 5.70 Å². The fourth-order valence-corrected chi connectivity index (χ4v) is 2.98. The first-order chi connectivity index (χ1) is 14.2. The molecule has 1 aliphatic heterocycles. The molecule has 2 aliphatic rings. The summed E-state index contributed by atoms with van der Waals surface area (Å²) in [6.45, 7) is 0. The molecular formula is C21H16N6O2. The van der Waals surface area contributed by atoms with Gasteiger partial charge in [0.05, 0.1) is 11.9 Å². The van der Waals surface area contributed by atoms with Gasteiger partial charge in [-0.15, -0.1) is 0 Å². The fraction of sp³-hybridized carbons (Fsp3) is 0.143. The second kappa shape index (κ2) is 6.80. The van der Waals surface area contributed by atoms with Gasteiger partial charge in [0.25, 0.3) is 5.91 Å². The van der Waals surface area contributed by atoms with E-state index >= 15 is 0 Å². The summed E-state index contributed by atoms with van der Waals surface area (Å²) in [5.74, 6) is 6.38. The summed E-state index contributed by atoms with van der Waals surface area (Å²) in [6, 6.07) is 9.52. The highest BCUT2D eigenvalue weighted by molar-refractivity contribution is 6.13. The Hall–Kier alpha value is -4.12.